The number of sulfonamides is 1. The van der Waals surface area contributed by atoms with E-state index >= 15 is 0 Å². The molecule has 0 unspecified atom stereocenters. The van der Waals surface area contributed by atoms with Gasteiger partial charge in [-0.05, 0) is 12.1 Å². The van der Waals surface area contributed by atoms with Crippen LogP contribution >= 0.6 is 23.2 Å². The number of rotatable bonds is 4. The Balaban J connectivity index is 0.00000134. The number of aromatic nitrogens is 2. The minimum absolute atomic E-state index is 0. The van der Waals surface area contributed by atoms with Crippen LogP contribution in [0.25, 0.3) is 0 Å². The average molecular weight is 421 g/mol. The molecule has 0 saturated heterocycles. The predicted molar refractivity (Wildman–Crippen MR) is 85.0 cm³/mol. The van der Waals surface area contributed by atoms with Crippen LogP contribution in [0.4, 0.5) is 10.2 Å². The number of anilines is 1. The summed E-state index contributed by atoms with van der Waals surface area (Å²) < 4.78 is 44.3. The van der Waals surface area contributed by atoms with Gasteiger partial charge in [0.05, 0.1) is 23.4 Å². The Morgan fingerprint density at radius 3 is 2.52 bits per heavy atom. The van der Waals surface area contributed by atoms with Crippen molar-refractivity contribution in [2.45, 2.75) is 4.90 Å². The summed E-state index contributed by atoms with van der Waals surface area (Å²) in [4.78, 5) is 14.7. The Morgan fingerprint density at radius 1 is 1.36 bits per heavy atom. The number of hydrogen-bond acceptors (Lipinski definition) is 8. The summed E-state index contributed by atoms with van der Waals surface area (Å²) in [5.41, 5.74) is 0. The first-order valence-electron chi connectivity index (χ1n) is 5.75. The zero-order valence-electron chi connectivity index (χ0n) is 12.7. The first-order chi connectivity index (χ1) is 11.3. The fraction of sp³-hybridized carbons (Fsp3) is 0.0909. The normalized spacial score (nSPS) is 9.92. The monoisotopic (exact) mass is 420 g/mol. The van der Waals surface area contributed by atoms with E-state index < -0.39 is 16.0 Å². The zero-order chi connectivity index (χ0) is 18.3. The molecule has 14 heteroatoms. The van der Waals surface area contributed by atoms with Crippen LogP contribution in [0.1, 0.15) is 0 Å². The summed E-state index contributed by atoms with van der Waals surface area (Å²) in [6.07, 6.45) is 0.750. The van der Waals surface area contributed by atoms with Crippen LogP contribution in [-0.2, 0) is 10.0 Å². The second-order valence-corrected chi connectivity index (χ2v) is 6.22. The molecule has 0 saturated carbocycles. The molecule has 1 aromatic carbocycles. The standard InChI is InChI=1S/C11H8Cl2FN3O3S.HNO2.Na/c1-20-11-10(15-5-8(14)16-11)17-21(18,19)7-4-2-3-6(12)9(7)13;2-1-3;/h2-5H,1H3,(H,15,17);(H,2,3);/q;;+1/p-1. The third kappa shape index (κ3) is 6.53. The molecule has 2 aromatic rings. The Labute approximate surface area is 173 Å². The first kappa shape index (κ1) is 23.8. The van der Waals surface area contributed by atoms with Gasteiger partial charge in [0, 0.05) is 0 Å². The molecule has 0 fully saturated rings. The van der Waals surface area contributed by atoms with Gasteiger partial charge < -0.3 is 14.9 Å². The van der Waals surface area contributed by atoms with Gasteiger partial charge in [-0.1, -0.05) is 29.3 Å². The van der Waals surface area contributed by atoms with Crippen LogP contribution in [0, 0.1) is 16.1 Å². The Kier molecular flexibility index (Phi) is 10.2. The molecular weight excluding hydrogens is 413 g/mol. The maximum absolute atomic E-state index is 12.9. The van der Waals surface area contributed by atoms with E-state index in [-0.39, 0.29) is 56.2 Å². The molecule has 0 amide bonds. The summed E-state index contributed by atoms with van der Waals surface area (Å²) in [5, 5.41) is 8.94. The number of nitrogens with zero attached hydrogens (tertiary/aromatic N) is 3. The molecule has 0 radical (unpaired) electrons. The summed E-state index contributed by atoms with van der Waals surface area (Å²) in [7, 11) is -2.88. The number of nitrogens with one attached hydrogen (secondary N) is 1. The van der Waals surface area contributed by atoms with Crippen LogP contribution < -0.4 is 39.0 Å². The Morgan fingerprint density at radius 2 is 1.96 bits per heavy atom. The van der Waals surface area contributed by atoms with Crippen molar-refractivity contribution in [1.29, 1.82) is 0 Å². The van der Waals surface area contributed by atoms with Gasteiger partial charge in [0.2, 0.25) is 11.8 Å². The smallest absolute Gasteiger partial charge is 0.478 e. The molecule has 25 heavy (non-hydrogen) atoms. The van der Waals surface area contributed by atoms with Gasteiger partial charge in [-0.3, -0.25) is 4.72 Å². The van der Waals surface area contributed by atoms with E-state index in [9.17, 15) is 12.8 Å². The minimum atomic E-state index is -4.08. The molecule has 0 aliphatic heterocycles. The van der Waals surface area contributed by atoms with E-state index in [1.807, 2.05) is 0 Å². The molecule has 1 N–H and O–H groups in total. The molecule has 9 nitrogen and oxygen atoms in total. The second-order valence-electron chi connectivity index (χ2n) is 3.78. The van der Waals surface area contributed by atoms with Gasteiger partial charge in [-0.15, -0.1) is 5.34 Å². The molecule has 0 aliphatic carbocycles. The Bertz CT molecular complexity index is 843. The zero-order valence-corrected chi connectivity index (χ0v) is 17.1. The van der Waals surface area contributed by atoms with E-state index in [1.54, 1.807) is 0 Å². The largest absolute Gasteiger partial charge is 1.00 e. The van der Waals surface area contributed by atoms with Crippen molar-refractivity contribution in [3.05, 3.63) is 50.5 Å². The van der Waals surface area contributed by atoms with Crippen LogP contribution in [0.5, 0.6) is 5.88 Å². The maximum Gasteiger partial charge on any atom is 1.00 e. The van der Waals surface area contributed by atoms with Crippen molar-refractivity contribution in [3.63, 3.8) is 0 Å². The third-order valence-electron chi connectivity index (χ3n) is 2.34. The summed E-state index contributed by atoms with van der Waals surface area (Å²) in [5.74, 6) is -1.48. The molecule has 0 bridgehead atoms. The van der Waals surface area contributed by atoms with E-state index in [4.69, 9.17) is 38.1 Å². The average Bonchev–Trinajstić information content (AvgIpc) is 2.52. The quantitative estimate of drug-likeness (QED) is 0.417. The molecule has 0 spiro atoms. The second kappa shape index (κ2) is 10.7. The van der Waals surface area contributed by atoms with E-state index in [0.717, 1.165) is 11.5 Å². The van der Waals surface area contributed by atoms with Crippen molar-refractivity contribution in [1.82, 2.24) is 9.97 Å². The topological polar surface area (TPSA) is 134 Å². The van der Waals surface area contributed by atoms with Gasteiger partial charge in [0.15, 0.2) is 0 Å². The van der Waals surface area contributed by atoms with Crippen LogP contribution in [0.2, 0.25) is 10.0 Å². The fourth-order valence-electron chi connectivity index (χ4n) is 1.44. The SMILES string of the molecule is COc1nc(F)cnc1NS(=O)(=O)c1cccc(Cl)c1Cl.O=N[O-].[Na+]. The molecule has 130 valence electrons. The number of ether oxygens (including phenoxy) is 1. The van der Waals surface area contributed by atoms with Crippen molar-refractivity contribution in [2.24, 2.45) is 5.34 Å². The van der Waals surface area contributed by atoms with E-state index in [0.29, 0.717) is 0 Å². The van der Waals surface area contributed by atoms with Crippen LogP contribution in [0.3, 0.4) is 0 Å². The fourth-order valence-corrected chi connectivity index (χ4v) is 3.21. The van der Waals surface area contributed by atoms with Crippen molar-refractivity contribution < 1.29 is 47.1 Å². The number of hydrogen-bond donors (Lipinski definition) is 1. The number of benzene rings is 1. The Hall–Kier alpha value is -1.24. The van der Waals surface area contributed by atoms with Crippen molar-refractivity contribution in [3.8, 4) is 5.88 Å². The molecule has 2 rings (SSSR count). The summed E-state index contributed by atoms with van der Waals surface area (Å²) in [6.45, 7) is 0. The third-order valence-corrected chi connectivity index (χ3v) is 4.65. The maximum atomic E-state index is 12.9. The predicted octanol–water partition coefficient (Wildman–Crippen LogP) is -0.0135. The van der Waals surface area contributed by atoms with Crippen molar-refractivity contribution >= 4 is 39.0 Å². The molecular formula is C11H8Cl2FN4NaO5S. The molecule has 0 aliphatic rings. The van der Waals surface area contributed by atoms with Gasteiger partial charge >= 0.3 is 29.6 Å². The molecule has 0 atom stereocenters. The van der Waals surface area contributed by atoms with Crippen molar-refractivity contribution in [2.75, 3.05) is 11.8 Å². The summed E-state index contributed by atoms with van der Waals surface area (Å²) >= 11 is 11.6. The molecule has 1 heterocycles. The van der Waals surface area contributed by atoms with E-state index in [2.05, 4.69) is 14.7 Å². The van der Waals surface area contributed by atoms with Gasteiger partial charge in [-0.25, -0.2) is 13.4 Å². The van der Waals surface area contributed by atoms with Crippen LogP contribution in [0.15, 0.2) is 34.6 Å². The van der Waals surface area contributed by atoms with Gasteiger partial charge in [0.1, 0.15) is 4.90 Å². The van der Waals surface area contributed by atoms with Gasteiger partial charge in [0.25, 0.3) is 15.9 Å². The number of halogens is 3. The minimum Gasteiger partial charge on any atom is -0.478 e. The first-order valence-corrected chi connectivity index (χ1v) is 7.99. The number of methoxy groups -OCH3 is 1. The summed E-state index contributed by atoms with van der Waals surface area (Å²) in [6, 6.07) is 4.14. The van der Waals surface area contributed by atoms with Crippen LogP contribution in [-0.4, -0.2) is 25.5 Å². The van der Waals surface area contributed by atoms with E-state index in [1.165, 1.54) is 25.3 Å². The molecule has 1 aromatic heterocycles. The van der Waals surface area contributed by atoms with Gasteiger partial charge in [-0.2, -0.15) is 9.37 Å².